The van der Waals surface area contributed by atoms with Crippen molar-refractivity contribution in [1.29, 1.82) is 0 Å². The molecule has 0 spiro atoms. The molecule has 1 aliphatic heterocycles. The predicted octanol–water partition coefficient (Wildman–Crippen LogP) is 5.11. The third-order valence-corrected chi connectivity index (χ3v) is 5.62. The Bertz CT molecular complexity index is 786. The number of hydrogen-bond donors (Lipinski definition) is 1. The minimum Gasteiger partial charge on any atom is -0.481 e. The second-order valence-electron chi connectivity index (χ2n) is 7.36. The molecular weight excluding hydrogens is 372 g/mol. The molecule has 5 heteroatoms. The largest absolute Gasteiger partial charge is 0.481 e. The standard InChI is InChI=1S/C23H29ClN2O2/c1-3-22(28-20-11-12-21(24)17(2)15-20)23(27)25-16-18-7-9-19(10-8-18)26-13-5-4-6-14-26/h7-12,15,22H,3-6,13-14,16H2,1-2H3,(H,25,27)/t22-/m0/s1. The van der Waals surface area contributed by atoms with E-state index in [9.17, 15) is 4.79 Å². The van der Waals surface area contributed by atoms with Crippen LogP contribution >= 0.6 is 11.6 Å². The Balaban J connectivity index is 1.53. The summed E-state index contributed by atoms with van der Waals surface area (Å²) >= 11 is 6.05. The van der Waals surface area contributed by atoms with Gasteiger partial charge in [-0.05, 0) is 74.1 Å². The molecule has 1 saturated heterocycles. The van der Waals surface area contributed by atoms with Crippen molar-refractivity contribution >= 4 is 23.2 Å². The predicted molar refractivity (Wildman–Crippen MR) is 115 cm³/mol. The highest BCUT2D eigenvalue weighted by molar-refractivity contribution is 6.31. The average Bonchev–Trinajstić information content (AvgIpc) is 2.73. The zero-order valence-corrected chi connectivity index (χ0v) is 17.5. The third-order valence-electron chi connectivity index (χ3n) is 5.20. The van der Waals surface area contributed by atoms with Crippen molar-refractivity contribution in [3.63, 3.8) is 0 Å². The fourth-order valence-corrected chi connectivity index (χ4v) is 3.57. The molecule has 0 aliphatic carbocycles. The Morgan fingerprint density at radius 2 is 1.86 bits per heavy atom. The lowest BCUT2D eigenvalue weighted by molar-refractivity contribution is -0.128. The van der Waals surface area contributed by atoms with Gasteiger partial charge in [0.05, 0.1) is 0 Å². The lowest BCUT2D eigenvalue weighted by Crippen LogP contribution is -2.37. The molecule has 0 aromatic heterocycles. The maximum absolute atomic E-state index is 12.5. The molecule has 0 radical (unpaired) electrons. The Kier molecular flexibility index (Phi) is 7.21. The summed E-state index contributed by atoms with van der Waals surface area (Å²) in [5.41, 5.74) is 3.29. The number of halogens is 1. The topological polar surface area (TPSA) is 41.6 Å². The van der Waals surface area contributed by atoms with Crippen molar-refractivity contribution in [1.82, 2.24) is 5.32 Å². The summed E-state index contributed by atoms with van der Waals surface area (Å²) in [5.74, 6) is 0.560. The summed E-state index contributed by atoms with van der Waals surface area (Å²) in [4.78, 5) is 15.0. The van der Waals surface area contributed by atoms with Crippen LogP contribution in [-0.4, -0.2) is 25.1 Å². The molecule has 1 heterocycles. The Morgan fingerprint density at radius 1 is 1.14 bits per heavy atom. The van der Waals surface area contributed by atoms with Gasteiger partial charge in [0.25, 0.3) is 5.91 Å². The molecule has 0 saturated carbocycles. The number of benzene rings is 2. The zero-order chi connectivity index (χ0) is 19.9. The number of ether oxygens (including phenoxy) is 1. The lowest BCUT2D eigenvalue weighted by Gasteiger charge is -2.28. The maximum atomic E-state index is 12.5. The molecule has 1 amide bonds. The first-order valence-electron chi connectivity index (χ1n) is 10.1. The number of carbonyl (C=O) groups excluding carboxylic acids is 1. The van der Waals surface area contributed by atoms with Gasteiger partial charge in [0.2, 0.25) is 0 Å². The van der Waals surface area contributed by atoms with Crippen LogP contribution in [0.1, 0.15) is 43.7 Å². The molecule has 2 aromatic carbocycles. The Hall–Kier alpha value is -2.20. The Labute approximate surface area is 172 Å². The molecule has 1 atom stereocenters. The average molecular weight is 401 g/mol. The van der Waals surface area contributed by atoms with Crippen LogP contribution in [0.5, 0.6) is 5.75 Å². The van der Waals surface area contributed by atoms with Gasteiger partial charge >= 0.3 is 0 Å². The number of rotatable bonds is 7. The van der Waals surface area contributed by atoms with Gasteiger partial charge in [0.1, 0.15) is 5.75 Å². The van der Waals surface area contributed by atoms with Crippen molar-refractivity contribution in [2.75, 3.05) is 18.0 Å². The van der Waals surface area contributed by atoms with E-state index in [1.807, 2.05) is 19.9 Å². The van der Waals surface area contributed by atoms with Crippen molar-refractivity contribution < 1.29 is 9.53 Å². The molecular formula is C23H29ClN2O2. The minimum atomic E-state index is -0.520. The van der Waals surface area contributed by atoms with E-state index in [0.29, 0.717) is 23.7 Å². The van der Waals surface area contributed by atoms with E-state index in [1.165, 1.54) is 24.9 Å². The van der Waals surface area contributed by atoms with Gasteiger partial charge in [0, 0.05) is 30.3 Å². The van der Waals surface area contributed by atoms with Crippen LogP contribution < -0.4 is 15.0 Å². The summed E-state index contributed by atoms with van der Waals surface area (Å²) < 4.78 is 5.87. The van der Waals surface area contributed by atoms with Crippen LogP contribution in [0.4, 0.5) is 5.69 Å². The quantitative estimate of drug-likeness (QED) is 0.701. The molecule has 1 aliphatic rings. The fraction of sp³-hybridized carbons (Fsp3) is 0.435. The van der Waals surface area contributed by atoms with E-state index in [-0.39, 0.29) is 5.91 Å². The number of aryl methyl sites for hydroxylation is 1. The molecule has 150 valence electrons. The maximum Gasteiger partial charge on any atom is 0.261 e. The normalized spacial score (nSPS) is 15.2. The summed E-state index contributed by atoms with van der Waals surface area (Å²) in [6.45, 7) is 6.63. The van der Waals surface area contributed by atoms with Gasteiger partial charge < -0.3 is 15.0 Å². The minimum absolute atomic E-state index is 0.102. The number of hydrogen-bond acceptors (Lipinski definition) is 3. The van der Waals surface area contributed by atoms with Crippen LogP contribution in [0.3, 0.4) is 0 Å². The number of anilines is 1. The molecule has 28 heavy (non-hydrogen) atoms. The summed E-state index contributed by atoms with van der Waals surface area (Å²) in [6.07, 6.45) is 3.94. The molecule has 0 bridgehead atoms. The second kappa shape index (κ2) is 9.83. The SMILES string of the molecule is CC[C@H](Oc1ccc(Cl)c(C)c1)C(=O)NCc1ccc(N2CCCCC2)cc1. The van der Waals surface area contributed by atoms with Crippen LogP contribution in [-0.2, 0) is 11.3 Å². The van der Waals surface area contributed by atoms with Gasteiger partial charge in [0.15, 0.2) is 6.10 Å². The Morgan fingerprint density at radius 3 is 2.50 bits per heavy atom. The zero-order valence-electron chi connectivity index (χ0n) is 16.7. The number of nitrogens with one attached hydrogen (secondary N) is 1. The van der Waals surface area contributed by atoms with E-state index in [2.05, 4.69) is 34.5 Å². The first-order valence-corrected chi connectivity index (χ1v) is 10.5. The summed E-state index contributed by atoms with van der Waals surface area (Å²) in [5, 5.41) is 3.68. The fourth-order valence-electron chi connectivity index (χ4n) is 3.46. The van der Waals surface area contributed by atoms with Gasteiger partial charge in [-0.25, -0.2) is 0 Å². The van der Waals surface area contributed by atoms with Crippen LogP contribution in [0, 0.1) is 6.92 Å². The van der Waals surface area contributed by atoms with Crippen molar-refractivity contribution in [3.05, 3.63) is 58.6 Å². The summed E-state index contributed by atoms with van der Waals surface area (Å²) in [7, 11) is 0. The summed E-state index contributed by atoms with van der Waals surface area (Å²) in [6, 6.07) is 13.9. The number of nitrogens with zero attached hydrogens (tertiary/aromatic N) is 1. The second-order valence-corrected chi connectivity index (χ2v) is 7.76. The van der Waals surface area contributed by atoms with E-state index < -0.39 is 6.10 Å². The monoisotopic (exact) mass is 400 g/mol. The number of piperidine rings is 1. The first kappa shape index (κ1) is 20.5. The molecule has 2 aromatic rings. The lowest BCUT2D eigenvalue weighted by atomic mass is 10.1. The molecule has 1 N–H and O–H groups in total. The van der Waals surface area contributed by atoms with Crippen molar-refractivity contribution in [2.45, 2.75) is 52.2 Å². The number of carbonyl (C=O) groups is 1. The van der Waals surface area contributed by atoms with E-state index in [0.717, 1.165) is 24.2 Å². The van der Waals surface area contributed by atoms with Crippen LogP contribution in [0.2, 0.25) is 5.02 Å². The third kappa shape index (κ3) is 5.41. The molecule has 4 nitrogen and oxygen atoms in total. The van der Waals surface area contributed by atoms with Gasteiger partial charge in [-0.3, -0.25) is 4.79 Å². The van der Waals surface area contributed by atoms with E-state index in [1.54, 1.807) is 12.1 Å². The van der Waals surface area contributed by atoms with Gasteiger partial charge in [-0.2, -0.15) is 0 Å². The van der Waals surface area contributed by atoms with Crippen LogP contribution in [0.25, 0.3) is 0 Å². The first-order chi connectivity index (χ1) is 13.6. The van der Waals surface area contributed by atoms with E-state index >= 15 is 0 Å². The van der Waals surface area contributed by atoms with Gasteiger partial charge in [-0.15, -0.1) is 0 Å². The van der Waals surface area contributed by atoms with Crippen LogP contribution in [0.15, 0.2) is 42.5 Å². The van der Waals surface area contributed by atoms with Crippen molar-refractivity contribution in [3.8, 4) is 5.75 Å². The van der Waals surface area contributed by atoms with E-state index in [4.69, 9.17) is 16.3 Å². The van der Waals surface area contributed by atoms with Crippen molar-refractivity contribution in [2.24, 2.45) is 0 Å². The van der Waals surface area contributed by atoms with Gasteiger partial charge in [-0.1, -0.05) is 30.7 Å². The highest BCUT2D eigenvalue weighted by atomic mass is 35.5. The smallest absolute Gasteiger partial charge is 0.261 e. The highest BCUT2D eigenvalue weighted by Crippen LogP contribution is 2.23. The molecule has 3 rings (SSSR count). The number of amides is 1. The molecule has 1 fully saturated rings. The molecule has 0 unspecified atom stereocenters. The highest BCUT2D eigenvalue weighted by Gasteiger charge is 2.18.